The van der Waals surface area contributed by atoms with Gasteiger partial charge < -0.3 is 9.84 Å². The number of halogens is 1. The monoisotopic (exact) mass is 237 g/mol. The molecule has 2 rings (SSSR count). The van der Waals surface area contributed by atoms with Crippen LogP contribution < -0.4 is 0 Å². The van der Waals surface area contributed by atoms with E-state index in [1.807, 2.05) is 0 Å². The SMILES string of the molecule is O=C(O)CC1=NCC(Cc2ccccc2F)O1. The van der Waals surface area contributed by atoms with Crippen molar-refractivity contribution in [2.75, 3.05) is 6.54 Å². The van der Waals surface area contributed by atoms with Gasteiger partial charge in [-0.25, -0.2) is 4.39 Å². The van der Waals surface area contributed by atoms with Gasteiger partial charge in [-0.1, -0.05) is 18.2 Å². The molecule has 0 fully saturated rings. The molecule has 0 amide bonds. The molecule has 1 aromatic rings. The maximum Gasteiger partial charge on any atom is 0.312 e. The normalized spacial score (nSPS) is 18.6. The molecule has 1 aliphatic heterocycles. The van der Waals surface area contributed by atoms with Crippen molar-refractivity contribution in [3.63, 3.8) is 0 Å². The van der Waals surface area contributed by atoms with E-state index in [-0.39, 0.29) is 24.2 Å². The summed E-state index contributed by atoms with van der Waals surface area (Å²) in [5.41, 5.74) is 0.560. The number of carboxylic acids is 1. The molecule has 1 aromatic carbocycles. The number of aliphatic imine (C=N–C) groups is 1. The highest BCUT2D eigenvalue weighted by molar-refractivity contribution is 5.94. The van der Waals surface area contributed by atoms with Crippen molar-refractivity contribution >= 4 is 11.9 Å². The molecule has 1 atom stereocenters. The third-order valence-corrected chi connectivity index (χ3v) is 2.48. The number of hydrogen-bond acceptors (Lipinski definition) is 3. The first-order chi connectivity index (χ1) is 8.15. The number of ether oxygens (including phenoxy) is 1. The van der Waals surface area contributed by atoms with Gasteiger partial charge in [0, 0.05) is 6.42 Å². The van der Waals surface area contributed by atoms with E-state index >= 15 is 0 Å². The molecular formula is C12H12FNO3. The lowest BCUT2D eigenvalue weighted by Gasteiger charge is -2.11. The molecule has 0 saturated heterocycles. The minimum Gasteiger partial charge on any atom is -0.481 e. The number of benzene rings is 1. The van der Waals surface area contributed by atoms with Crippen LogP contribution in [0.25, 0.3) is 0 Å². The summed E-state index contributed by atoms with van der Waals surface area (Å²) in [7, 11) is 0. The molecule has 1 N–H and O–H groups in total. The topological polar surface area (TPSA) is 58.9 Å². The Morgan fingerprint density at radius 2 is 2.29 bits per heavy atom. The largest absolute Gasteiger partial charge is 0.481 e. The van der Waals surface area contributed by atoms with Crippen LogP contribution in [0.15, 0.2) is 29.3 Å². The Labute approximate surface area is 97.7 Å². The predicted molar refractivity (Wildman–Crippen MR) is 59.5 cm³/mol. The molecule has 0 aliphatic carbocycles. The molecule has 1 heterocycles. The third-order valence-electron chi connectivity index (χ3n) is 2.48. The Bertz CT molecular complexity index is 459. The van der Waals surface area contributed by atoms with Crippen LogP contribution in [0.5, 0.6) is 0 Å². The number of hydrogen-bond donors (Lipinski definition) is 1. The molecule has 1 unspecified atom stereocenters. The van der Waals surface area contributed by atoms with Gasteiger partial charge >= 0.3 is 5.97 Å². The summed E-state index contributed by atoms with van der Waals surface area (Å²) < 4.78 is 18.7. The zero-order valence-electron chi connectivity index (χ0n) is 9.10. The van der Waals surface area contributed by atoms with Crippen LogP contribution in [0, 0.1) is 5.82 Å². The van der Waals surface area contributed by atoms with Crippen molar-refractivity contribution in [2.24, 2.45) is 4.99 Å². The lowest BCUT2D eigenvalue weighted by atomic mass is 10.1. The van der Waals surface area contributed by atoms with Gasteiger partial charge in [0.2, 0.25) is 0 Å². The van der Waals surface area contributed by atoms with Gasteiger partial charge in [0.15, 0.2) is 5.90 Å². The molecule has 1 aliphatic rings. The Balaban J connectivity index is 1.92. The van der Waals surface area contributed by atoms with Crippen LogP contribution in [0.1, 0.15) is 12.0 Å². The van der Waals surface area contributed by atoms with Crippen LogP contribution in [-0.2, 0) is 16.0 Å². The second-order valence-corrected chi connectivity index (χ2v) is 3.84. The first-order valence-electron chi connectivity index (χ1n) is 5.30. The molecule has 4 nitrogen and oxygen atoms in total. The summed E-state index contributed by atoms with van der Waals surface area (Å²) in [5, 5.41) is 8.57. The highest BCUT2D eigenvalue weighted by Gasteiger charge is 2.22. The van der Waals surface area contributed by atoms with E-state index in [9.17, 15) is 9.18 Å². The highest BCUT2D eigenvalue weighted by atomic mass is 19.1. The maximum absolute atomic E-state index is 13.4. The molecule has 0 radical (unpaired) electrons. The number of nitrogens with zero attached hydrogens (tertiary/aromatic N) is 1. The first kappa shape index (κ1) is 11.6. The summed E-state index contributed by atoms with van der Waals surface area (Å²) in [6, 6.07) is 6.46. The fraction of sp³-hybridized carbons (Fsp3) is 0.333. The van der Waals surface area contributed by atoms with Crippen LogP contribution >= 0.6 is 0 Å². The Morgan fingerprint density at radius 3 is 3.00 bits per heavy atom. The van der Waals surface area contributed by atoms with Crippen molar-refractivity contribution < 1.29 is 19.0 Å². The Kier molecular flexibility index (Phi) is 3.37. The second-order valence-electron chi connectivity index (χ2n) is 3.84. The maximum atomic E-state index is 13.4. The Hall–Kier alpha value is -1.91. The number of carbonyl (C=O) groups is 1. The van der Waals surface area contributed by atoms with Crippen LogP contribution in [-0.4, -0.2) is 29.6 Å². The average molecular weight is 237 g/mol. The zero-order valence-corrected chi connectivity index (χ0v) is 9.10. The second kappa shape index (κ2) is 4.95. The van der Waals surface area contributed by atoms with Gasteiger partial charge in [0.05, 0.1) is 6.54 Å². The van der Waals surface area contributed by atoms with Gasteiger partial charge in [-0.3, -0.25) is 9.79 Å². The van der Waals surface area contributed by atoms with Crippen LogP contribution in [0.4, 0.5) is 4.39 Å². The summed E-state index contributed by atoms with van der Waals surface area (Å²) in [4.78, 5) is 14.4. The highest BCUT2D eigenvalue weighted by Crippen LogP contribution is 2.15. The first-order valence-corrected chi connectivity index (χ1v) is 5.30. The van der Waals surface area contributed by atoms with Crippen LogP contribution in [0.3, 0.4) is 0 Å². The van der Waals surface area contributed by atoms with E-state index in [1.165, 1.54) is 6.07 Å². The minimum atomic E-state index is -0.977. The van der Waals surface area contributed by atoms with Crippen molar-refractivity contribution in [3.8, 4) is 0 Å². The molecule has 0 aromatic heterocycles. The van der Waals surface area contributed by atoms with Gasteiger partial charge in [-0.15, -0.1) is 0 Å². The van der Waals surface area contributed by atoms with E-state index in [4.69, 9.17) is 9.84 Å². The van der Waals surface area contributed by atoms with Crippen molar-refractivity contribution in [3.05, 3.63) is 35.6 Å². The van der Waals surface area contributed by atoms with Crippen molar-refractivity contribution in [2.45, 2.75) is 18.9 Å². The average Bonchev–Trinajstić information content (AvgIpc) is 2.68. The minimum absolute atomic E-state index is 0.215. The van der Waals surface area contributed by atoms with E-state index in [1.54, 1.807) is 18.2 Å². The molecule has 5 heteroatoms. The van der Waals surface area contributed by atoms with E-state index < -0.39 is 5.97 Å². The molecule has 0 spiro atoms. The van der Waals surface area contributed by atoms with Crippen molar-refractivity contribution in [1.82, 2.24) is 0 Å². The standard InChI is InChI=1S/C12H12FNO3/c13-10-4-2-1-3-8(10)5-9-7-14-11(17-9)6-12(15)16/h1-4,9H,5-7H2,(H,15,16). The van der Waals surface area contributed by atoms with Gasteiger partial charge in [-0.2, -0.15) is 0 Å². The van der Waals surface area contributed by atoms with E-state index in [0.29, 0.717) is 18.5 Å². The molecule has 90 valence electrons. The number of rotatable bonds is 4. The third kappa shape index (κ3) is 3.03. The van der Waals surface area contributed by atoms with Gasteiger partial charge in [0.25, 0.3) is 0 Å². The Morgan fingerprint density at radius 1 is 1.53 bits per heavy atom. The summed E-state index contributed by atoms with van der Waals surface area (Å²) >= 11 is 0. The van der Waals surface area contributed by atoms with E-state index in [2.05, 4.69) is 4.99 Å². The molecular weight excluding hydrogens is 225 g/mol. The molecule has 17 heavy (non-hydrogen) atoms. The van der Waals surface area contributed by atoms with E-state index in [0.717, 1.165) is 0 Å². The van der Waals surface area contributed by atoms with Crippen molar-refractivity contribution in [1.29, 1.82) is 0 Å². The zero-order chi connectivity index (χ0) is 12.3. The predicted octanol–water partition coefficient (Wildman–Crippen LogP) is 1.64. The van der Waals surface area contributed by atoms with Gasteiger partial charge in [-0.05, 0) is 11.6 Å². The van der Waals surface area contributed by atoms with Gasteiger partial charge in [0.1, 0.15) is 18.3 Å². The number of aliphatic carboxylic acids is 1. The fourth-order valence-corrected chi connectivity index (χ4v) is 1.71. The summed E-state index contributed by atoms with van der Waals surface area (Å²) in [6.45, 7) is 0.386. The lowest BCUT2D eigenvalue weighted by molar-refractivity contribution is -0.135. The number of carboxylic acid groups (broad SMARTS) is 1. The summed E-state index contributed by atoms with van der Waals surface area (Å²) in [6.07, 6.45) is -0.0752. The van der Waals surface area contributed by atoms with Crippen LogP contribution in [0.2, 0.25) is 0 Å². The summed E-state index contributed by atoms with van der Waals surface area (Å²) in [5.74, 6) is -1.03. The smallest absolute Gasteiger partial charge is 0.312 e. The molecule has 0 bridgehead atoms. The quantitative estimate of drug-likeness (QED) is 0.866. The fourth-order valence-electron chi connectivity index (χ4n) is 1.71. The molecule has 0 saturated carbocycles. The lowest BCUT2D eigenvalue weighted by Crippen LogP contribution is -2.18.